The Hall–Kier alpha value is -3.25. The number of sulfonamides is 1. The van der Waals surface area contributed by atoms with Crippen LogP contribution in [0.5, 0.6) is 5.88 Å². The van der Waals surface area contributed by atoms with Crippen LogP contribution in [0.25, 0.3) is 23.2 Å². The van der Waals surface area contributed by atoms with Gasteiger partial charge in [-0.15, -0.1) is 0 Å². The molecule has 12 heteroatoms. The lowest BCUT2D eigenvalue weighted by atomic mass is 10.2. The Labute approximate surface area is 189 Å². The van der Waals surface area contributed by atoms with E-state index in [0.717, 1.165) is 6.26 Å². The van der Waals surface area contributed by atoms with E-state index in [1.807, 2.05) is 4.72 Å². The second-order valence-electron chi connectivity index (χ2n) is 6.99. The second kappa shape index (κ2) is 9.09. The molecule has 0 spiro atoms. The van der Waals surface area contributed by atoms with Gasteiger partial charge in [-0.25, -0.2) is 13.4 Å². The molecule has 0 atom stereocenters. The Bertz CT molecular complexity index is 1450. The molecule has 3 aromatic rings. The van der Waals surface area contributed by atoms with Gasteiger partial charge in [-0.2, -0.15) is 0 Å². The fraction of sp³-hybridized carbons (Fsp3) is 0.300. The minimum atomic E-state index is -3.72. The van der Waals surface area contributed by atoms with Crippen molar-refractivity contribution < 1.29 is 18.3 Å². The van der Waals surface area contributed by atoms with Crippen molar-refractivity contribution in [3.05, 3.63) is 50.8 Å². The third-order valence-electron chi connectivity index (χ3n) is 4.75. The van der Waals surface area contributed by atoms with Crippen LogP contribution in [0.1, 0.15) is 25.2 Å². The molecule has 1 amide bonds. The third kappa shape index (κ3) is 4.65. The van der Waals surface area contributed by atoms with Gasteiger partial charge in [-0.3, -0.25) is 23.4 Å². The number of nitrogens with zero attached hydrogens (tertiary/aromatic N) is 4. The maximum atomic E-state index is 12.8. The zero-order valence-corrected chi connectivity index (χ0v) is 19.4. The molecule has 3 rings (SSSR count). The highest BCUT2D eigenvalue weighted by atomic mass is 32.2. The average molecular weight is 478 g/mol. The summed E-state index contributed by atoms with van der Waals surface area (Å²) in [7, 11) is -3.72. The first-order valence-electron chi connectivity index (χ1n) is 9.78. The van der Waals surface area contributed by atoms with Gasteiger partial charge in [0.05, 0.1) is 17.3 Å². The average Bonchev–Trinajstić information content (AvgIpc) is 3.04. The molecule has 2 aromatic heterocycles. The van der Waals surface area contributed by atoms with Crippen LogP contribution in [0.15, 0.2) is 29.1 Å². The van der Waals surface area contributed by atoms with Crippen LogP contribution in [0.4, 0.5) is 0 Å². The summed E-state index contributed by atoms with van der Waals surface area (Å²) in [5, 5.41) is 10.6. The van der Waals surface area contributed by atoms with Gasteiger partial charge in [-0.05, 0) is 50.4 Å². The van der Waals surface area contributed by atoms with Crippen LogP contribution in [-0.4, -0.2) is 44.4 Å². The number of para-hydroxylation sites is 2. The van der Waals surface area contributed by atoms with Crippen molar-refractivity contribution in [1.82, 2.24) is 23.4 Å². The molecule has 0 fully saturated rings. The lowest BCUT2D eigenvalue weighted by Crippen LogP contribution is -2.32. The number of benzene rings is 1. The topological polar surface area (TPSA) is 128 Å². The fourth-order valence-electron chi connectivity index (χ4n) is 3.35. The molecule has 0 unspecified atom stereocenters. The Morgan fingerprint density at radius 1 is 1.16 bits per heavy atom. The number of carbonyl (C=O) groups excluding carboxylic acids is 1. The van der Waals surface area contributed by atoms with E-state index in [9.17, 15) is 23.1 Å². The van der Waals surface area contributed by atoms with E-state index in [4.69, 9.17) is 12.2 Å². The number of aromatic nitrogens is 4. The molecule has 2 heterocycles. The van der Waals surface area contributed by atoms with Crippen LogP contribution in [0, 0.1) is 4.77 Å². The van der Waals surface area contributed by atoms with E-state index >= 15 is 0 Å². The molecular formula is C20H23N5O5S2. The molecule has 170 valence electrons. The maximum Gasteiger partial charge on any atom is 0.265 e. The van der Waals surface area contributed by atoms with Gasteiger partial charge in [0, 0.05) is 13.1 Å². The number of nitrogens with one attached hydrogen (secondary N) is 1. The predicted octanol–water partition coefficient (Wildman–Crippen LogP) is 1.72. The normalized spacial score (nSPS) is 12.0. The van der Waals surface area contributed by atoms with Crippen LogP contribution in [0.2, 0.25) is 0 Å². The summed E-state index contributed by atoms with van der Waals surface area (Å²) in [5.41, 5.74) is 0.768. The van der Waals surface area contributed by atoms with Crippen molar-refractivity contribution in [3.8, 4) is 5.88 Å². The minimum absolute atomic E-state index is 0.0292. The largest absolute Gasteiger partial charge is 0.494 e. The van der Waals surface area contributed by atoms with Crippen LogP contribution >= 0.6 is 12.2 Å². The standard InChI is InChI=1S/C20H23N5O5S2/c1-4-23-18(27)13(19(28)24(5-2)20(23)31)10-11-16-21-14-8-6-7-9-15(14)25(16)12-17(26)22-32(3,29)30/h6-11,27H,4-5,12H2,1-3H3,(H,22,26). The van der Waals surface area contributed by atoms with Gasteiger partial charge < -0.3 is 9.67 Å². The van der Waals surface area contributed by atoms with Gasteiger partial charge in [0.1, 0.15) is 17.9 Å². The van der Waals surface area contributed by atoms with Gasteiger partial charge >= 0.3 is 0 Å². The first-order chi connectivity index (χ1) is 15.1. The summed E-state index contributed by atoms with van der Waals surface area (Å²) in [6, 6.07) is 7.03. The van der Waals surface area contributed by atoms with Gasteiger partial charge in [-0.1, -0.05) is 12.1 Å². The monoisotopic (exact) mass is 477 g/mol. The summed E-state index contributed by atoms with van der Waals surface area (Å²) < 4.78 is 29.3. The highest BCUT2D eigenvalue weighted by Crippen LogP contribution is 2.20. The van der Waals surface area contributed by atoms with E-state index in [1.54, 1.807) is 38.1 Å². The van der Waals surface area contributed by atoms with Gasteiger partial charge in [0.15, 0.2) is 4.77 Å². The number of hydrogen-bond donors (Lipinski definition) is 2. The van der Waals surface area contributed by atoms with E-state index in [2.05, 4.69) is 4.98 Å². The summed E-state index contributed by atoms with van der Waals surface area (Å²) in [4.78, 5) is 29.5. The number of carbonyl (C=O) groups is 1. The van der Waals surface area contributed by atoms with E-state index in [1.165, 1.54) is 25.9 Å². The van der Waals surface area contributed by atoms with Crippen molar-refractivity contribution in [3.63, 3.8) is 0 Å². The molecule has 10 nitrogen and oxygen atoms in total. The van der Waals surface area contributed by atoms with Crippen LogP contribution in [-0.2, 0) is 34.5 Å². The molecule has 2 N–H and O–H groups in total. The van der Waals surface area contributed by atoms with Crippen molar-refractivity contribution >= 4 is 51.3 Å². The van der Waals surface area contributed by atoms with E-state index in [0.29, 0.717) is 29.9 Å². The molecule has 0 aliphatic carbocycles. The van der Waals surface area contributed by atoms with Crippen molar-refractivity contribution in [2.75, 3.05) is 6.26 Å². The summed E-state index contributed by atoms with van der Waals surface area (Å²) >= 11 is 5.29. The molecular weight excluding hydrogens is 454 g/mol. The predicted molar refractivity (Wildman–Crippen MR) is 124 cm³/mol. The first kappa shape index (κ1) is 23.4. The van der Waals surface area contributed by atoms with E-state index < -0.39 is 21.5 Å². The SMILES string of the molecule is CCn1c(O)c(C=Cc2nc3ccccc3n2CC(=O)NS(C)(=O)=O)c(=O)n(CC)c1=S. The number of hydrogen-bond acceptors (Lipinski definition) is 7. The number of amides is 1. The zero-order chi connectivity index (χ0) is 23.6. The number of rotatable bonds is 7. The molecule has 1 aromatic carbocycles. The van der Waals surface area contributed by atoms with Gasteiger partial charge in [0.25, 0.3) is 11.5 Å². The Morgan fingerprint density at radius 2 is 1.81 bits per heavy atom. The lowest BCUT2D eigenvalue weighted by Gasteiger charge is -2.13. The molecule has 0 saturated carbocycles. The Kier molecular flexibility index (Phi) is 6.65. The maximum absolute atomic E-state index is 12.8. The van der Waals surface area contributed by atoms with Crippen LogP contribution < -0.4 is 10.3 Å². The summed E-state index contributed by atoms with van der Waals surface area (Å²) in [6.45, 7) is 3.98. The molecule has 0 aliphatic heterocycles. The lowest BCUT2D eigenvalue weighted by molar-refractivity contribution is -0.119. The van der Waals surface area contributed by atoms with Crippen molar-refractivity contribution in [2.45, 2.75) is 33.5 Å². The van der Waals surface area contributed by atoms with Crippen molar-refractivity contribution in [2.24, 2.45) is 0 Å². The highest BCUT2D eigenvalue weighted by Gasteiger charge is 2.16. The fourth-order valence-corrected chi connectivity index (χ4v) is 4.25. The Morgan fingerprint density at radius 3 is 2.44 bits per heavy atom. The molecule has 0 bridgehead atoms. The number of fused-ring (bicyclic) bond motifs is 1. The molecule has 0 aliphatic rings. The smallest absolute Gasteiger partial charge is 0.265 e. The Balaban J connectivity index is 2.13. The second-order valence-corrected chi connectivity index (χ2v) is 9.10. The van der Waals surface area contributed by atoms with E-state index in [-0.39, 0.29) is 22.8 Å². The number of imidazole rings is 1. The number of aromatic hydroxyl groups is 1. The molecule has 0 saturated heterocycles. The van der Waals surface area contributed by atoms with Gasteiger partial charge in [0.2, 0.25) is 15.9 Å². The molecule has 0 radical (unpaired) electrons. The summed E-state index contributed by atoms with van der Waals surface area (Å²) in [5.74, 6) is -0.691. The minimum Gasteiger partial charge on any atom is -0.494 e. The summed E-state index contributed by atoms with van der Waals surface area (Å²) in [6.07, 6.45) is 3.80. The highest BCUT2D eigenvalue weighted by molar-refractivity contribution is 7.89. The zero-order valence-electron chi connectivity index (χ0n) is 17.8. The van der Waals surface area contributed by atoms with Crippen molar-refractivity contribution in [1.29, 1.82) is 0 Å². The first-order valence-corrected chi connectivity index (χ1v) is 12.1. The molecule has 32 heavy (non-hydrogen) atoms. The van der Waals surface area contributed by atoms with Crippen LogP contribution in [0.3, 0.4) is 0 Å². The quantitative estimate of drug-likeness (QED) is 0.496. The third-order valence-corrected chi connectivity index (χ3v) is 5.79.